The lowest BCUT2D eigenvalue weighted by Gasteiger charge is -2.21. The fraction of sp³-hybridized carbons (Fsp3) is 0.500. The van der Waals surface area contributed by atoms with Crippen LogP contribution >= 0.6 is 11.6 Å². The van der Waals surface area contributed by atoms with Gasteiger partial charge in [0.2, 0.25) is 5.91 Å². The number of hydrogen-bond acceptors (Lipinski definition) is 4. The summed E-state index contributed by atoms with van der Waals surface area (Å²) in [5, 5.41) is 12.6. The highest BCUT2D eigenvalue weighted by molar-refractivity contribution is 6.32. The normalized spacial score (nSPS) is 10.7. The lowest BCUT2D eigenvalue weighted by Crippen LogP contribution is -2.35. The molecule has 0 bridgehead atoms. The largest absolute Gasteiger partial charge is 0.503 e. The van der Waals surface area contributed by atoms with Crippen LogP contribution in [0.3, 0.4) is 0 Å². The number of rotatable bonds is 7. The van der Waals surface area contributed by atoms with E-state index in [1.807, 2.05) is 4.90 Å². The average Bonchev–Trinajstić information content (AvgIpc) is 2.42. The molecule has 0 aromatic heterocycles. The second-order valence-corrected chi connectivity index (χ2v) is 4.92. The van der Waals surface area contributed by atoms with E-state index in [-0.39, 0.29) is 16.7 Å². The third-order valence-electron chi connectivity index (χ3n) is 2.90. The predicted octanol–water partition coefficient (Wildman–Crippen LogP) is 2.01. The molecule has 1 amide bonds. The third kappa shape index (κ3) is 4.58. The van der Waals surface area contributed by atoms with Gasteiger partial charge < -0.3 is 15.2 Å². The number of methoxy groups -OCH3 is 1. The van der Waals surface area contributed by atoms with Crippen LogP contribution < -0.4 is 10.1 Å². The van der Waals surface area contributed by atoms with Crippen molar-refractivity contribution in [3.63, 3.8) is 0 Å². The number of benzene rings is 1. The Hall–Kier alpha value is -1.46. The minimum absolute atomic E-state index is 0.0321. The number of hydrogen-bond donors (Lipinski definition) is 2. The Balaban J connectivity index is 2.87. The highest BCUT2D eigenvalue weighted by Crippen LogP contribution is 2.35. The van der Waals surface area contributed by atoms with Gasteiger partial charge in [-0.2, -0.15) is 0 Å². The molecule has 0 saturated heterocycles. The van der Waals surface area contributed by atoms with Crippen molar-refractivity contribution in [3.8, 4) is 11.5 Å². The summed E-state index contributed by atoms with van der Waals surface area (Å²) in [5.41, 5.74) is 0.891. The molecule has 1 aromatic carbocycles. The van der Waals surface area contributed by atoms with Crippen molar-refractivity contribution < 1.29 is 14.6 Å². The van der Waals surface area contributed by atoms with Gasteiger partial charge in [0.05, 0.1) is 18.7 Å². The van der Waals surface area contributed by atoms with Crippen LogP contribution in [-0.4, -0.2) is 43.2 Å². The highest BCUT2D eigenvalue weighted by Gasteiger charge is 2.13. The summed E-state index contributed by atoms with van der Waals surface area (Å²) in [6.07, 6.45) is 0.944. The Morgan fingerprint density at radius 1 is 1.50 bits per heavy atom. The molecule has 0 aliphatic heterocycles. The van der Waals surface area contributed by atoms with Crippen molar-refractivity contribution in [2.24, 2.45) is 0 Å². The van der Waals surface area contributed by atoms with E-state index in [1.54, 1.807) is 19.2 Å². The Bertz CT molecular complexity index is 466. The van der Waals surface area contributed by atoms with Gasteiger partial charge in [-0.15, -0.1) is 0 Å². The van der Waals surface area contributed by atoms with Crippen LogP contribution in [0.15, 0.2) is 12.1 Å². The van der Waals surface area contributed by atoms with E-state index >= 15 is 0 Å². The molecule has 112 valence electrons. The van der Waals surface area contributed by atoms with Crippen LogP contribution in [0.4, 0.5) is 0 Å². The maximum atomic E-state index is 11.5. The molecule has 5 nitrogen and oxygen atoms in total. The summed E-state index contributed by atoms with van der Waals surface area (Å²) in [6, 6.07) is 3.42. The number of amides is 1. The first-order chi connectivity index (χ1) is 9.51. The SMILES string of the molecule is CCCN(CC(=O)NC)Cc1cc(Cl)c(O)c(OC)c1. The van der Waals surface area contributed by atoms with Crippen LogP contribution in [-0.2, 0) is 11.3 Å². The van der Waals surface area contributed by atoms with Gasteiger partial charge in [0.15, 0.2) is 11.5 Å². The summed E-state index contributed by atoms with van der Waals surface area (Å²) >= 11 is 5.96. The molecule has 2 N–H and O–H groups in total. The van der Waals surface area contributed by atoms with Crippen LogP contribution in [0.5, 0.6) is 11.5 Å². The topological polar surface area (TPSA) is 61.8 Å². The molecular weight excluding hydrogens is 280 g/mol. The summed E-state index contributed by atoms with van der Waals surface area (Å²) in [5.74, 6) is 0.241. The molecule has 0 aliphatic carbocycles. The molecule has 1 rings (SSSR count). The molecule has 0 aliphatic rings. The van der Waals surface area contributed by atoms with Crippen molar-refractivity contribution in [2.75, 3.05) is 27.2 Å². The van der Waals surface area contributed by atoms with E-state index in [0.29, 0.717) is 18.8 Å². The fourth-order valence-electron chi connectivity index (χ4n) is 1.94. The minimum Gasteiger partial charge on any atom is -0.503 e. The Morgan fingerprint density at radius 3 is 2.75 bits per heavy atom. The molecule has 0 spiro atoms. The van der Waals surface area contributed by atoms with Crippen LogP contribution in [0.2, 0.25) is 5.02 Å². The van der Waals surface area contributed by atoms with Crippen LogP contribution in [0, 0.1) is 0 Å². The third-order valence-corrected chi connectivity index (χ3v) is 3.19. The number of aromatic hydroxyl groups is 1. The number of carbonyl (C=O) groups is 1. The van der Waals surface area contributed by atoms with Gasteiger partial charge in [-0.3, -0.25) is 9.69 Å². The molecule has 0 radical (unpaired) electrons. The first-order valence-corrected chi connectivity index (χ1v) is 6.87. The number of likely N-dealkylation sites (N-methyl/N-ethyl adjacent to an activating group) is 1. The maximum absolute atomic E-state index is 11.5. The summed E-state index contributed by atoms with van der Waals surface area (Å²) in [4.78, 5) is 13.5. The second-order valence-electron chi connectivity index (χ2n) is 4.51. The van der Waals surface area contributed by atoms with Gasteiger partial charge in [0.1, 0.15) is 0 Å². The number of nitrogens with one attached hydrogen (secondary N) is 1. The first kappa shape index (κ1) is 16.6. The van der Waals surface area contributed by atoms with Gasteiger partial charge in [-0.1, -0.05) is 18.5 Å². The minimum atomic E-state index is -0.0636. The number of phenolic OH excluding ortho intramolecular Hbond substituents is 1. The number of nitrogens with zero attached hydrogens (tertiary/aromatic N) is 1. The summed E-state index contributed by atoms with van der Waals surface area (Å²) in [7, 11) is 3.09. The average molecular weight is 301 g/mol. The van der Waals surface area contributed by atoms with Gasteiger partial charge >= 0.3 is 0 Å². The molecule has 6 heteroatoms. The fourth-order valence-corrected chi connectivity index (χ4v) is 2.18. The standard InChI is InChI=1S/C14H21ClN2O3/c1-4-5-17(9-13(18)16-2)8-10-6-11(15)14(19)12(7-10)20-3/h6-7,19H,4-5,8-9H2,1-3H3,(H,16,18). The summed E-state index contributed by atoms with van der Waals surface area (Å²) < 4.78 is 5.08. The maximum Gasteiger partial charge on any atom is 0.233 e. The predicted molar refractivity (Wildman–Crippen MR) is 79.3 cm³/mol. The van der Waals surface area contributed by atoms with E-state index in [4.69, 9.17) is 16.3 Å². The Kier molecular flexibility index (Phi) is 6.61. The first-order valence-electron chi connectivity index (χ1n) is 6.50. The number of carbonyl (C=O) groups excluding carboxylic acids is 1. The smallest absolute Gasteiger partial charge is 0.233 e. The number of ether oxygens (including phenoxy) is 1. The molecule has 0 fully saturated rings. The Labute approximate surface area is 124 Å². The number of halogens is 1. The van der Waals surface area contributed by atoms with Gasteiger partial charge in [-0.05, 0) is 30.7 Å². The lowest BCUT2D eigenvalue weighted by atomic mass is 10.1. The molecule has 0 heterocycles. The van der Waals surface area contributed by atoms with Gasteiger partial charge in [0, 0.05) is 13.6 Å². The van der Waals surface area contributed by atoms with E-state index in [2.05, 4.69) is 12.2 Å². The second kappa shape index (κ2) is 7.97. The van der Waals surface area contributed by atoms with Gasteiger partial charge in [-0.25, -0.2) is 0 Å². The quantitative estimate of drug-likeness (QED) is 0.809. The van der Waals surface area contributed by atoms with Crippen LogP contribution in [0.1, 0.15) is 18.9 Å². The zero-order valence-corrected chi connectivity index (χ0v) is 12.8. The van der Waals surface area contributed by atoms with E-state index in [1.165, 1.54) is 7.11 Å². The van der Waals surface area contributed by atoms with Crippen molar-refractivity contribution in [1.29, 1.82) is 0 Å². The van der Waals surface area contributed by atoms with Crippen molar-refractivity contribution >= 4 is 17.5 Å². The lowest BCUT2D eigenvalue weighted by molar-refractivity contribution is -0.121. The Morgan fingerprint density at radius 2 is 2.20 bits per heavy atom. The zero-order chi connectivity index (χ0) is 15.1. The molecule has 0 atom stereocenters. The molecule has 0 unspecified atom stereocenters. The van der Waals surface area contributed by atoms with Crippen LogP contribution in [0.25, 0.3) is 0 Å². The van der Waals surface area contributed by atoms with Crippen molar-refractivity contribution in [2.45, 2.75) is 19.9 Å². The molecule has 1 aromatic rings. The van der Waals surface area contributed by atoms with E-state index < -0.39 is 0 Å². The number of phenols is 1. The molecule has 20 heavy (non-hydrogen) atoms. The molecular formula is C14H21ClN2O3. The highest BCUT2D eigenvalue weighted by atomic mass is 35.5. The van der Waals surface area contributed by atoms with Crippen molar-refractivity contribution in [3.05, 3.63) is 22.7 Å². The zero-order valence-electron chi connectivity index (χ0n) is 12.1. The monoisotopic (exact) mass is 300 g/mol. The summed E-state index contributed by atoms with van der Waals surface area (Å²) in [6.45, 7) is 3.75. The van der Waals surface area contributed by atoms with Crippen molar-refractivity contribution in [1.82, 2.24) is 10.2 Å². The molecule has 0 saturated carbocycles. The van der Waals surface area contributed by atoms with E-state index in [0.717, 1.165) is 18.5 Å². The van der Waals surface area contributed by atoms with Gasteiger partial charge in [0.25, 0.3) is 0 Å². The van der Waals surface area contributed by atoms with E-state index in [9.17, 15) is 9.90 Å².